The Morgan fingerprint density at radius 2 is 2.50 bits per heavy atom. The van der Waals surface area contributed by atoms with Gasteiger partial charge < -0.3 is 5.11 Å². The molecule has 0 fully saturated rings. The van der Waals surface area contributed by atoms with E-state index in [1.165, 1.54) is 6.92 Å². The molecule has 4 nitrogen and oxygen atoms in total. The van der Waals surface area contributed by atoms with Crippen LogP contribution in [0.5, 0.6) is 0 Å². The molecule has 1 aromatic heterocycles. The second-order valence-electron chi connectivity index (χ2n) is 3.25. The van der Waals surface area contributed by atoms with E-state index < -0.39 is 6.10 Å². The first-order valence-electron chi connectivity index (χ1n) is 4.44. The van der Waals surface area contributed by atoms with Crippen molar-refractivity contribution in [1.82, 2.24) is 9.78 Å². The molecule has 0 saturated heterocycles. The quantitative estimate of drug-likeness (QED) is 0.730. The van der Waals surface area contributed by atoms with Gasteiger partial charge in [0.25, 0.3) is 0 Å². The lowest BCUT2D eigenvalue weighted by Crippen LogP contribution is -2.14. The predicted octanol–water partition coefficient (Wildman–Crippen LogP) is 1.11. The summed E-state index contributed by atoms with van der Waals surface area (Å²) in [7, 11) is 0. The minimum Gasteiger partial charge on any atom is -0.391 e. The fourth-order valence-corrected chi connectivity index (χ4v) is 1.16. The fraction of sp³-hybridized carbons (Fsp3) is 0.400. The fourth-order valence-electron chi connectivity index (χ4n) is 1.16. The van der Waals surface area contributed by atoms with Crippen LogP contribution in [0.15, 0.2) is 12.6 Å². The first-order valence-corrected chi connectivity index (χ1v) is 4.44. The molecule has 1 unspecified atom stereocenters. The summed E-state index contributed by atoms with van der Waals surface area (Å²) in [5.74, 6) is -0.0857. The summed E-state index contributed by atoms with van der Waals surface area (Å²) >= 11 is 0. The van der Waals surface area contributed by atoms with E-state index in [1.807, 2.05) is 0 Å². The standard InChI is InChI=1S/C10H14N2O2/c1-4-9-5-10(8(3)14)11-12(9)6-7(2)13/h4-5,7,13H,1,6H2,2-3H3. The minimum absolute atomic E-state index is 0.0857. The molecule has 1 rings (SSSR count). The molecule has 0 aliphatic rings. The maximum atomic E-state index is 11.0. The van der Waals surface area contributed by atoms with Crippen molar-refractivity contribution >= 4 is 11.9 Å². The largest absolute Gasteiger partial charge is 0.391 e. The number of nitrogens with zero attached hydrogens (tertiary/aromatic N) is 2. The van der Waals surface area contributed by atoms with E-state index in [4.69, 9.17) is 0 Å². The predicted molar refractivity (Wildman–Crippen MR) is 54.0 cm³/mol. The lowest BCUT2D eigenvalue weighted by Gasteiger charge is -2.05. The smallest absolute Gasteiger partial charge is 0.180 e. The average Bonchev–Trinajstić information content (AvgIpc) is 2.46. The van der Waals surface area contributed by atoms with Crippen molar-refractivity contribution in [1.29, 1.82) is 0 Å². The summed E-state index contributed by atoms with van der Waals surface area (Å²) in [6.07, 6.45) is 1.12. The Labute approximate surface area is 82.9 Å². The molecule has 1 heterocycles. The Balaban J connectivity index is 3.02. The average molecular weight is 194 g/mol. The maximum Gasteiger partial charge on any atom is 0.180 e. The van der Waals surface area contributed by atoms with E-state index in [0.29, 0.717) is 12.2 Å². The number of aliphatic hydroxyl groups excluding tert-OH is 1. The molecule has 0 radical (unpaired) electrons. The van der Waals surface area contributed by atoms with Gasteiger partial charge in [-0.3, -0.25) is 9.48 Å². The number of aliphatic hydroxyl groups is 1. The summed E-state index contributed by atoms with van der Waals surface area (Å²) in [4.78, 5) is 11.0. The van der Waals surface area contributed by atoms with Crippen LogP contribution < -0.4 is 0 Å². The van der Waals surface area contributed by atoms with Gasteiger partial charge in [-0.05, 0) is 19.1 Å². The van der Waals surface area contributed by atoms with Crippen molar-refractivity contribution in [3.05, 3.63) is 24.0 Å². The maximum absolute atomic E-state index is 11.0. The van der Waals surface area contributed by atoms with Crippen LogP contribution >= 0.6 is 0 Å². The van der Waals surface area contributed by atoms with Crippen LogP contribution in [0.4, 0.5) is 0 Å². The second-order valence-corrected chi connectivity index (χ2v) is 3.25. The number of Topliss-reactive ketones (excluding diaryl/α,β-unsaturated/α-hetero) is 1. The van der Waals surface area contributed by atoms with Crippen molar-refractivity contribution in [2.24, 2.45) is 0 Å². The molecule has 0 aromatic carbocycles. The van der Waals surface area contributed by atoms with Crippen LogP contribution in [0.1, 0.15) is 30.0 Å². The van der Waals surface area contributed by atoms with E-state index in [0.717, 1.165) is 5.69 Å². The Bertz CT molecular complexity index is 353. The summed E-state index contributed by atoms with van der Waals surface area (Å²) in [6.45, 7) is 7.12. The van der Waals surface area contributed by atoms with Gasteiger partial charge >= 0.3 is 0 Å². The van der Waals surface area contributed by atoms with Crippen molar-refractivity contribution in [2.75, 3.05) is 0 Å². The highest BCUT2D eigenvalue weighted by atomic mass is 16.3. The van der Waals surface area contributed by atoms with Crippen LogP contribution in [-0.2, 0) is 6.54 Å². The summed E-state index contributed by atoms with van der Waals surface area (Å²) in [6, 6.07) is 1.66. The monoisotopic (exact) mass is 194 g/mol. The van der Waals surface area contributed by atoms with Crippen LogP contribution in [0.3, 0.4) is 0 Å². The molecule has 0 aliphatic heterocycles. The van der Waals surface area contributed by atoms with E-state index in [2.05, 4.69) is 11.7 Å². The van der Waals surface area contributed by atoms with E-state index in [1.54, 1.807) is 23.7 Å². The van der Waals surface area contributed by atoms with Gasteiger partial charge in [0.1, 0.15) is 5.69 Å². The summed E-state index contributed by atoms with van der Waals surface area (Å²) in [5, 5.41) is 13.3. The summed E-state index contributed by atoms with van der Waals surface area (Å²) < 4.78 is 1.58. The van der Waals surface area contributed by atoms with Crippen molar-refractivity contribution in [2.45, 2.75) is 26.5 Å². The third-order valence-electron chi connectivity index (χ3n) is 1.82. The van der Waals surface area contributed by atoms with Gasteiger partial charge in [0.2, 0.25) is 0 Å². The zero-order valence-electron chi connectivity index (χ0n) is 8.40. The van der Waals surface area contributed by atoms with Gasteiger partial charge in [-0.2, -0.15) is 5.10 Å². The van der Waals surface area contributed by atoms with Crippen LogP contribution in [0.25, 0.3) is 6.08 Å². The number of aromatic nitrogens is 2. The van der Waals surface area contributed by atoms with Crippen LogP contribution in [0, 0.1) is 0 Å². The Morgan fingerprint density at radius 3 is 2.93 bits per heavy atom. The summed E-state index contributed by atoms with van der Waals surface area (Å²) in [5.41, 5.74) is 1.15. The second kappa shape index (κ2) is 4.19. The lowest BCUT2D eigenvalue weighted by molar-refractivity contribution is 0.101. The van der Waals surface area contributed by atoms with Gasteiger partial charge in [-0.15, -0.1) is 0 Å². The number of hydrogen-bond donors (Lipinski definition) is 1. The molecule has 4 heteroatoms. The molecule has 0 spiro atoms. The molecule has 1 aromatic rings. The zero-order valence-corrected chi connectivity index (χ0v) is 8.40. The Hall–Kier alpha value is -1.42. The molecular weight excluding hydrogens is 180 g/mol. The minimum atomic E-state index is -0.492. The Kier molecular flexibility index (Phi) is 3.19. The molecule has 0 saturated carbocycles. The zero-order chi connectivity index (χ0) is 10.7. The van der Waals surface area contributed by atoms with Gasteiger partial charge in [-0.25, -0.2) is 0 Å². The number of hydrogen-bond acceptors (Lipinski definition) is 3. The van der Waals surface area contributed by atoms with Gasteiger partial charge in [0.05, 0.1) is 18.3 Å². The molecule has 1 atom stereocenters. The SMILES string of the molecule is C=Cc1cc(C(C)=O)nn1CC(C)O. The van der Waals surface area contributed by atoms with Crippen molar-refractivity contribution < 1.29 is 9.90 Å². The van der Waals surface area contributed by atoms with Crippen molar-refractivity contribution in [3.63, 3.8) is 0 Å². The lowest BCUT2D eigenvalue weighted by atomic mass is 10.3. The van der Waals surface area contributed by atoms with E-state index in [9.17, 15) is 9.90 Å². The molecule has 1 N–H and O–H groups in total. The molecule has 14 heavy (non-hydrogen) atoms. The molecule has 0 aliphatic carbocycles. The van der Waals surface area contributed by atoms with Crippen LogP contribution in [0.2, 0.25) is 0 Å². The molecule has 0 bridgehead atoms. The molecule has 0 amide bonds. The van der Waals surface area contributed by atoms with Gasteiger partial charge in [-0.1, -0.05) is 6.58 Å². The van der Waals surface area contributed by atoms with Crippen molar-refractivity contribution in [3.8, 4) is 0 Å². The van der Waals surface area contributed by atoms with Gasteiger partial charge in [0, 0.05) is 6.92 Å². The molecule has 76 valence electrons. The highest BCUT2D eigenvalue weighted by molar-refractivity contribution is 5.92. The number of rotatable bonds is 4. The number of ketones is 1. The topological polar surface area (TPSA) is 55.1 Å². The van der Waals surface area contributed by atoms with E-state index in [-0.39, 0.29) is 5.78 Å². The Morgan fingerprint density at radius 1 is 1.86 bits per heavy atom. The van der Waals surface area contributed by atoms with Crippen LogP contribution in [-0.4, -0.2) is 26.8 Å². The normalized spacial score (nSPS) is 12.5. The van der Waals surface area contributed by atoms with E-state index >= 15 is 0 Å². The highest BCUT2D eigenvalue weighted by Crippen LogP contribution is 2.07. The first-order chi connectivity index (χ1) is 6.54. The molecular formula is C10H14N2O2. The third kappa shape index (κ3) is 2.29. The van der Waals surface area contributed by atoms with Gasteiger partial charge in [0.15, 0.2) is 5.78 Å². The first kappa shape index (κ1) is 10.7. The highest BCUT2D eigenvalue weighted by Gasteiger charge is 2.09. The number of carbonyl (C=O) groups is 1. The third-order valence-corrected chi connectivity index (χ3v) is 1.82. The number of carbonyl (C=O) groups excluding carboxylic acids is 1.